The summed E-state index contributed by atoms with van der Waals surface area (Å²) in [6.45, 7) is 0.215. The van der Waals surface area contributed by atoms with Gasteiger partial charge in [0.05, 0.1) is 23.2 Å². The number of non-ortho nitro benzene ring substituents is 1. The molecule has 0 aromatic heterocycles. The topological polar surface area (TPSA) is 89.8 Å². The molecule has 0 bridgehead atoms. The molecule has 2 aromatic carbocycles. The molecule has 0 saturated carbocycles. The summed E-state index contributed by atoms with van der Waals surface area (Å²) in [6.07, 6.45) is 0.498. The number of nitro groups is 1. The Balaban J connectivity index is 1.76. The molecule has 0 N–H and O–H groups in total. The van der Waals surface area contributed by atoms with E-state index >= 15 is 0 Å². The minimum absolute atomic E-state index is 0.0870. The molecule has 0 fully saturated rings. The van der Waals surface area contributed by atoms with Gasteiger partial charge in [0.1, 0.15) is 5.75 Å². The molecule has 3 rings (SSSR count). The minimum Gasteiger partial charge on any atom is -0.497 e. The first-order valence-corrected chi connectivity index (χ1v) is 7.29. The van der Waals surface area contributed by atoms with Gasteiger partial charge in [-0.2, -0.15) is 0 Å². The van der Waals surface area contributed by atoms with Crippen molar-refractivity contribution in [1.82, 2.24) is 4.90 Å². The van der Waals surface area contributed by atoms with Crippen molar-refractivity contribution in [2.75, 3.05) is 13.7 Å². The largest absolute Gasteiger partial charge is 0.497 e. The normalized spacial score (nSPS) is 13.1. The lowest BCUT2D eigenvalue weighted by Gasteiger charge is -2.13. The third kappa shape index (κ3) is 2.71. The number of hydrogen-bond donors (Lipinski definition) is 0. The Labute approximate surface area is 137 Å². The Morgan fingerprint density at radius 2 is 1.71 bits per heavy atom. The molecule has 0 unspecified atom stereocenters. The van der Waals surface area contributed by atoms with Crippen LogP contribution in [0.4, 0.5) is 5.69 Å². The van der Waals surface area contributed by atoms with E-state index in [1.165, 1.54) is 12.1 Å². The summed E-state index contributed by atoms with van der Waals surface area (Å²) < 4.78 is 5.08. The number of ether oxygens (including phenoxy) is 1. The summed E-state index contributed by atoms with van der Waals surface area (Å²) in [4.78, 5) is 36.0. The average molecular weight is 326 g/mol. The number of methoxy groups -OCH3 is 1. The van der Waals surface area contributed by atoms with Crippen LogP contribution in [0.2, 0.25) is 0 Å². The third-order valence-corrected chi connectivity index (χ3v) is 3.95. The molecule has 2 amide bonds. The summed E-state index contributed by atoms with van der Waals surface area (Å²) in [5.74, 6) is -0.183. The van der Waals surface area contributed by atoms with Gasteiger partial charge in [0.15, 0.2) is 0 Å². The highest BCUT2D eigenvalue weighted by atomic mass is 16.6. The van der Waals surface area contributed by atoms with Gasteiger partial charge < -0.3 is 4.74 Å². The number of nitro benzene ring substituents is 1. The summed E-state index contributed by atoms with van der Waals surface area (Å²) in [5, 5.41) is 10.8. The molecule has 1 aliphatic heterocycles. The monoisotopic (exact) mass is 326 g/mol. The van der Waals surface area contributed by atoms with Crippen molar-refractivity contribution in [3.63, 3.8) is 0 Å². The Bertz CT molecular complexity index is 829. The second-order valence-corrected chi connectivity index (χ2v) is 5.35. The van der Waals surface area contributed by atoms with Crippen molar-refractivity contribution in [2.45, 2.75) is 6.42 Å². The number of rotatable bonds is 5. The maximum atomic E-state index is 12.4. The van der Waals surface area contributed by atoms with Crippen LogP contribution >= 0.6 is 0 Å². The molecule has 0 saturated heterocycles. The average Bonchev–Trinajstić information content (AvgIpc) is 2.84. The number of carbonyl (C=O) groups is 2. The van der Waals surface area contributed by atoms with Crippen LogP contribution in [0.3, 0.4) is 0 Å². The van der Waals surface area contributed by atoms with Gasteiger partial charge in [-0.1, -0.05) is 12.1 Å². The maximum Gasteiger partial charge on any atom is 0.270 e. The van der Waals surface area contributed by atoms with Crippen molar-refractivity contribution in [3.05, 3.63) is 69.3 Å². The van der Waals surface area contributed by atoms with E-state index in [2.05, 4.69) is 0 Å². The number of hydrogen-bond acceptors (Lipinski definition) is 5. The third-order valence-electron chi connectivity index (χ3n) is 3.95. The fraction of sp³-hybridized carbons (Fsp3) is 0.176. The van der Waals surface area contributed by atoms with E-state index in [-0.39, 0.29) is 23.4 Å². The van der Waals surface area contributed by atoms with Crippen molar-refractivity contribution in [3.8, 4) is 5.75 Å². The number of benzene rings is 2. The van der Waals surface area contributed by atoms with Gasteiger partial charge in [0, 0.05) is 18.7 Å². The zero-order valence-electron chi connectivity index (χ0n) is 12.9. The molecule has 122 valence electrons. The number of carbonyl (C=O) groups excluding carboxylic acids is 2. The van der Waals surface area contributed by atoms with Gasteiger partial charge in [-0.05, 0) is 30.2 Å². The quantitative estimate of drug-likeness (QED) is 0.478. The molecular formula is C17H14N2O5. The van der Waals surface area contributed by atoms with Crippen LogP contribution in [0.25, 0.3) is 0 Å². The van der Waals surface area contributed by atoms with Crippen molar-refractivity contribution in [2.24, 2.45) is 0 Å². The van der Waals surface area contributed by atoms with Gasteiger partial charge in [0.25, 0.3) is 17.5 Å². The lowest BCUT2D eigenvalue weighted by Crippen LogP contribution is -2.31. The van der Waals surface area contributed by atoms with Crippen LogP contribution in [0.5, 0.6) is 5.75 Å². The summed E-state index contributed by atoms with van der Waals surface area (Å²) in [6, 6.07) is 11.1. The van der Waals surface area contributed by atoms with E-state index in [0.29, 0.717) is 6.42 Å². The first-order valence-electron chi connectivity index (χ1n) is 7.29. The second kappa shape index (κ2) is 6.11. The van der Waals surface area contributed by atoms with Crippen LogP contribution in [0.1, 0.15) is 26.3 Å². The predicted molar refractivity (Wildman–Crippen MR) is 85.2 cm³/mol. The SMILES string of the molecule is COc1ccc(CCN2C(=O)c3ccc([N+](=O)[O-])cc3C2=O)cc1. The van der Waals surface area contributed by atoms with E-state index in [1.807, 2.05) is 12.1 Å². The highest BCUT2D eigenvalue weighted by Gasteiger charge is 2.36. The molecular weight excluding hydrogens is 312 g/mol. The molecule has 1 aliphatic rings. The zero-order chi connectivity index (χ0) is 17.3. The molecule has 0 spiro atoms. The molecule has 24 heavy (non-hydrogen) atoms. The fourth-order valence-electron chi connectivity index (χ4n) is 2.63. The number of imide groups is 1. The molecule has 7 heteroatoms. The van der Waals surface area contributed by atoms with Crippen molar-refractivity contribution < 1.29 is 19.2 Å². The molecule has 2 aromatic rings. The maximum absolute atomic E-state index is 12.4. The number of fused-ring (bicyclic) bond motifs is 1. The summed E-state index contributed by atoms with van der Waals surface area (Å²) >= 11 is 0. The van der Waals surface area contributed by atoms with Crippen LogP contribution in [0.15, 0.2) is 42.5 Å². The van der Waals surface area contributed by atoms with E-state index in [9.17, 15) is 19.7 Å². The minimum atomic E-state index is -0.585. The van der Waals surface area contributed by atoms with Gasteiger partial charge in [-0.15, -0.1) is 0 Å². The smallest absolute Gasteiger partial charge is 0.270 e. The predicted octanol–water partition coefficient (Wildman–Crippen LogP) is 2.44. The van der Waals surface area contributed by atoms with Crippen molar-refractivity contribution in [1.29, 1.82) is 0 Å². The summed E-state index contributed by atoms with van der Waals surface area (Å²) in [7, 11) is 1.58. The lowest BCUT2D eigenvalue weighted by molar-refractivity contribution is -0.384. The standard InChI is InChI=1S/C17H14N2O5/c1-24-13-5-2-11(3-6-13)8-9-18-16(20)14-7-4-12(19(22)23)10-15(14)17(18)21/h2-7,10H,8-9H2,1H3. The molecule has 1 heterocycles. The number of amides is 2. The van der Waals surface area contributed by atoms with Gasteiger partial charge in [-0.3, -0.25) is 24.6 Å². The lowest BCUT2D eigenvalue weighted by atomic mass is 10.1. The first-order chi connectivity index (χ1) is 11.5. The van der Waals surface area contributed by atoms with Crippen LogP contribution in [-0.2, 0) is 6.42 Å². The number of nitrogens with zero attached hydrogens (tertiary/aromatic N) is 2. The van der Waals surface area contributed by atoms with Gasteiger partial charge in [0.2, 0.25) is 0 Å². The van der Waals surface area contributed by atoms with Crippen LogP contribution < -0.4 is 4.74 Å². The van der Waals surface area contributed by atoms with Gasteiger partial charge >= 0.3 is 0 Å². The molecule has 7 nitrogen and oxygen atoms in total. The van der Waals surface area contributed by atoms with Crippen LogP contribution in [0, 0.1) is 10.1 Å². The Morgan fingerprint density at radius 3 is 2.33 bits per heavy atom. The summed E-state index contributed by atoms with van der Waals surface area (Å²) in [5.41, 5.74) is 1.05. The Morgan fingerprint density at radius 1 is 1.04 bits per heavy atom. The van der Waals surface area contributed by atoms with Crippen LogP contribution in [-0.4, -0.2) is 35.3 Å². The van der Waals surface area contributed by atoms with E-state index < -0.39 is 16.7 Å². The highest BCUT2D eigenvalue weighted by Crippen LogP contribution is 2.27. The van der Waals surface area contributed by atoms with E-state index in [1.54, 1.807) is 19.2 Å². The van der Waals surface area contributed by atoms with Gasteiger partial charge in [-0.25, -0.2) is 0 Å². The highest BCUT2D eigenvalue weighted by molar-refractivity contribution is 6.21. The second-order valence-electron chi connectivity index (χ2n) is 5.35. The van der Waals surface area contributed by atoms with Crippen molar-refractivity contribution >= 4 is 17.5 Å². The molecule has 0 radical (unpaired) electrons. The fourth-order valence-corrected chi connectivity index (χ4v) is 2.63. The molecule has 0 aliphatic carbocycles. The van der Waals surface area contributed by atoms with E-state index in [0.717, 1.165) is 22.3 Å². The Kier molecular flexibility index (Phi) is 3.99. The molecule has 0 atom stereocenters. The Hall–Kier alpha value is -3.22. The first kappa shape index (κ1) is 15.7. The van der Waals surface area contributed by atoms with E-state index in [4.69, 9.17) is 4.74 Å². The zero-order valence-corrected chi connectivity index (χ0v) is 12.9.